The predicted molar refractivity (Wildman–Crippen MR) is 75.6 cm³/mol. The van der Waals surface area contributed by atoms with Crippen LogP contribution in [-0.2, 0) is 4.79 Å². The van der Waals surface area contributed by atoms with E-state index in [2.05, 4.69) is 5.32 Å². The maximum atomic E-state index is 11.9. The van der Waals surface area contributed by atoms with Gasteiger partial charge in [0, 0.05) is 6.04 Å². The summed E-state index contributed by atoms with van der Waals surface area (Å²) < 4.78 is 0. The van der Waals surface area contributed by atoms with Gasteiger partial charge in [-0.15, -0.1) is 0 Å². The molecule has 0 radical (unpaired) electrons. The zero-order valence-electron chi connectivity index (χ0n) is 11.0. The molecule has 108 valence electrons. The number of halogens is 1. The molecule has 20 heavy (non-hydrogen) atoms. The highest BCUT2D eigenvalue weighted by Crippen LogP contribution is 2.16. The number of benzene rings is 1. The number of hydrogen-bond acceptors (Lipinski definition) is 4. The summed E-state index contributed by atoms with van der Waals surface area (Å²) in [5.41, 5.74) is 0.280. The van der Waals surface area contributed by atoms with Crippen molar-refractivity contribution in [3.8, 4) is 0 Å². The number of nitrogens with one attached hydrogen (secondary N) is 1. The van der Waals surface area contributed by atoms with Gasteiger partial charge in [0.1, 0.15) is 0 Å². The highest BCUT2D eigenvalue weighted by Gasteiger charge is 2.26. The second-order valence-electron chi connectivity index (χ2n) is 4.81. The van der Waals surface area contributed by atoms with Crippen molar-refractivity contribution in [2.45, 2.75) is 18.9 Å². The van der Waals surface area contributed by atoms with Crippen LogP contribution >= 0.6 is 11.6 Å². The van der Waals surface area contributed by atoms with Crippen molar-refractivity contribution < 1.29 is 14.7 Å². The first-order chi connectivity index (χ1) is 9.61. The maximum Gasteiger partial charge on any atom is 0.259 e. The van der Waals surface area contributed by atoms with Crippen molar-refractivity contribution in [1.29, 1.82) is 0 Å². The number of amides is 2. The molecule has 1 fully saturated rings. The predicted octanol–water partition coefficient (Wildman–Crippen LogP) is 1.05. The average molecular weight is 297 g/mol. The van der Waals surface area contributed by atoms with Crippen LogP contribution in [0.15, 0.2) is 24.3 Å². The van der Waals surface area contributed by atoms with Gasteiger partial charge in [-0.05, 0) is 31.5 Å². The zero-order valence-corrected chi connectivity index (χ0v) is 11.8. The molecule has 6 heteroatoms. The van der Waals surface area contributed by atoms with Crippen molar-refractivity contribution in [1.82, 2.24) is 10.2 Å². The monoisotopic (exact) mass is 296 g/mol. The van der Waals surface area contributed by atoms with Crippen LogP contribution in [0.3, 0.4) is 0 Å². The third kappa shape index (κ3) is 3.56. The Morgan fingerprint density at radius 3 is 2.85 bits per heavy atom. The van der Waals surface area contributed by atoms with E-state index in [0.29, 0.717) is 5.02 Å². The van der Waals surface area contributed by atoms with Crippen molar-refractivity contribution >= 4 is 23.4 Å². The van der Waals surface area contributed by atoms with Gasteiger partial charge in [-0.3, -0.25) is 19.8 Å². The number of imide groups is 1. The van der Waals surface area contributed by atoms with Crippen LogP contribution in [0.2, 0.25) is 5.02 Å². The van der Waals surface area contributed by atoms with Crippen molar-refractivity contribution in [2.24, 2.45) is 0 Å². The second-order valence-corrected chi connectivity index (χ2v) is 5.21. The minimum atomic E-state index is -0.500. The SMILES string of the molecule is O=C(CN1CCCC1CO)NC(=O)c1ccccc1Cl. The fraction of sp³-hybridized carbons (Fsp3) is 0.429. The molecule has 0 spiro atoms. The van der Waals surface area contributed by atoms with Gasteiger partial charge in [-0.2, -0.15) is 0 Å². The van der Waals surface area contributed by atoms with Crippen LogP contribution in [0.4, 0.5) is 0 Å². The van der Waals surface area contributed by atoms with Gasteiger partial charge in [-0.1, -0.05) is 23.7 Å². The lowest BCUT2D eigenvalue weighted by atomic mass is 10.2. The van der Waals surface area contributed by atoms with Crippen LogP contribution in [-0.4, -0.2) is 47.6 Å². The lowest BCUT2D eigenvalue weighted by molar-refractivity contribution is -0.121. The van der Waals surface area contributed by atoms with Crippen LogP contribution < -0.4 is 5.32 Å². The van der Waals surface area contributed by atoms with E-state index < -0.39 is 5.91 Å². The van der Waals surface area contributed by atoms with Crippen LogP contribution in [0.25, 0.3) is 0 Å². The third-order valence-corrected chi connectivity index (χ3v) is 3.76. The molecule has 2 N–H and O–H groups in total. The smallest absolute Gasteiger partial charge is 0.259 e. The minimum absolute atomic E-state index is 0.0103. The van der Waals surface area contributed by atoms with E-state index in [4.69, 9.17) is 11.6 Å². The Morgan fingerprint density at radius 2 is 2.15 bits per heavy atom. The Kier molecular flexibility index (Phi) is 5.11. The molecular formula is C14H17ClN2O3. The largest absolute Gasteiger partial charge is 0.395 e. The summed E-state index contributed by atoms with van der Waals surface area (Å²) in [6, 6.07) is 6.58. The highest BCUT2D eigenvalue weighted by molar-refractivity contribution is 6.34. The van der Waals surface area contributed by atoms with E-state index in [0.717, 1.165) is 19.4 Å². The van der Waals surface area contributed by atoms with E-state index in [-0.39, 0.29) is 30.7 Å². The van der Waals surface area contributed by atoms with Gasteiger partial charge in [0.15, 0.2) is 0 Å². The molecule has 1 aromatic rings. The molecule has 0 bridgehead atoms. The lowest BCUT2D eigenvalue weighted by Gasteiger charge is -2.21. The molecule has 1 aliphatic heterocycles. The molecule has 1 aliphatic rings. The van der Waals surface area contributed by atoms with E-state index in [1.54, 1.807) is 24.3 Å². The first-order valence-electron chi connectivity index (χ1n) is 6.55. The molecular weight excluding hydrogens is 280 g/mol. The summed E-state index contributed by atoms with van der Waals surface area (Å²) >= 11 is 5.90. The maximum absolute atomic E-state index is 11.9. The Labute approximate surface area is 122 Å². The standard InChI is InChI=1S/C14H17ClN2O3/c15-12-6-2-1-5-11(12)14(20)16-13(19)8-17-7-3-4-10(17)9-18/h1-2,5-6,10,18H,3-4,7-9H2,(H,16,19,20). The van der Waals surface area contributed by atoms with Crippen molar-refractivity contribution in [3.05, 3.63) is 34.9 Å². The molecule has 2 rings (SSSR count). The van der Waals surface area contributed by atoms with E-state index in [9.17, 15) is 14.7 Å². The lowest BCUT2D eigenvalue weighted by Crippen LogP contribution is -2.43. The first-order valence-corrected chi connectivity index (χ1v) is 6.93. The Balaban J connectivity index is 1.92. The normalized spacial score (nSPS) is 19.0. The molecule has 2 amide bonds. The Bertz CT molecular complexity index is 507. The number of aliphatic hydroxyl groups is 1. The topological polar surface area (TPSA) is 69.6 Å². The molecule has 1 atom stereocenters. The van der Waals surface area contributed by atoms with Gasteiger partial charge in [0.2, 0.25) is 5.91 Å². The summed E-state index contributed by atoms with van der Waals surface area (Å²) in [5, 5.41) is 11.8. The molecule has 1 unspecified atom stereocenters. The molecule has 0 saturated carbocycles. The van der Waals surface area contributed by atoms with Gasteiger partial charge in [-0.25, -0.2) is 0 Å². The number of carbonyl (C=O) groups excluding carboxylic acids is 2. The van der Waals surface area contributed by atoms with E-state index in [1.807, 2.05) is 4.90 Å². The van der Waals surface area contributed by atoms with Crippen molar-refractivity contribution in [2.75, 3.05) is 19.7 Å². The second kappa shape index (κ2) is 6.83. The van der Waals surface area contributed by atoms with Gasteiger partial charge < -0.3 is 5.11 Å². The van der Waals surface area contributed by atoms with Gasteiger partial charge in [0.25, 0.3) is 5.91 Å². The molecule has 0 aliphatic carbocycles. The summed E-state index contributed by atoms with van der Waals surface area (Å²) in [6.45, 7) is 0.909. The third-order valence-electron chi connectivity index (χ3n) is 3.43. The fourth-order valence-electron chi connectivity index (χ4n) is 2.37. The molecule has 0 aromatic heterocycles. The van der Waals surface area contributed by atoms with Crippen molar-refractivity contribution in [3.63, 3.8) is 0 Å². The van der Waals surface area contributed by atoms with Crippen LogP contribution in [0.5, 0.6) is 0 Å². The van der Waals surface area contributed by atoms with Crippen LogP contribution in [0, 0.1) is 0 Å². The van der Waals surface area contributed by atoms with Gasteiger partial charge >= 0.3 is 0 Å². The Morgan fingerprint density at radius 1 is 1.40 bits per heavy atom. The number of nitrogens with zero attached hydrogens (tertiary/aromatic N) is 1. The summed E-state index contributed by atoms with van der Waals surface area (Å²) in [6.07, 6.45) is 1.83. The average Bonchev–Trinajstić information content (AvgIpc) is 2.86. The number of rotatable bonds is 4. The first kappa shape index (κ1) is 15.0. The molecule has 5 nitrogen and oxygen atoms in total. The van der Waals surface area contributed by atoms with Crippen LogP contribution in [0.1, 0.15) is 23.2 Å². The zero-order chi connectivity index (χ0) is 14.5. The number of carbonyl (C=O) groups is 2. The van der Waals surface area contributed by atoms with Gasteiger partial charge in [0.05, 0.1) is 23.7 Å². The number of hydrogen-bond donors (Lipinski definition) is 2. The molecule has 1 saturated heterocycles. The fourth-order valence-corrected chi connectivity index (χ4v) is 2.59. The minimum Gasteiger partial charge on any atom is -0.395 e. The molecule has 1 heterocycles. The van der Waals surface area contributed by atoms with E-state index >= 15 is 0 Å². The highest BCUT2D eigenvalue weighted by atomic mass is 35.5. The number of likely N-dealkylation sites (tertiary alicyclic amines) is 1. The summed E-state index contributed by atoms with van der Waals surface area (Å²) in [4.78, 5) is 25.7. The Hall–Kier alpha value is -1.43. The quantitative estimate of drug-likeness (QED) is 0.871. The summed E-state index contributed by atoms with van der Waals surface area (Å²) in [5.74, 6) is -0.879. The number of aliphatic hydroxyl groups excluding tert-OH is 1. The summed E-state index contributed by atoms with van der Waals surface area (Å²) in [7, 11) is 0. The van der Waals surface area contributed by atoms with E-state index in [1.165, 1.54) is 0 Å². The molecule has 1 aromatic carbocycles.